The van der Waals surface area contributed by atoms with E-state index in [1.807, 2.05) is 6.07 Å². The third-order valence-electron chi connectivity index (χ3n) is 2.74. The molecule has 0 bridgehead atoms. The minimum absolute atomic E-state index is 0.191. The molecule has 0 atom stereocenters. The molecule has 0 radical (unpaired) electrons. The summed E-state index contributed by atoms with van der Waals surface area (Å²) >= 11 is 0. The summed E-state index contributed by atoms with van der Waals surface area (Å²) in [5.74, 6) is 0.489. The van der Waals surface area contributed by atoms with Crippen molar-refractivity contribution < 1.29 is 4.79 Å². The molecular weight excluding hydrogens is 216 g/mol. The first-order valence-corrected chi connectivity index (χ1v) is 5.13. The summed E-state index contributed by atoms with van der Waals surface area (Å²) in [5, 5.41) is 0. The van der Waals surface area contributed by atoms with Gasteiger partial charge in [0.25, 0.3) is 5.91 Å². The zero-order valence-corrected chi connectivity index (χ0v) is 8.92. The van der Waals surface area contributed by atoms with Gasteiger partial charge in [0.15, 0.2) is 5.82 Å². The number of nitrogens with two attached hydrogens (primary N) is 2. The lowest BCUT2D eigenvalue weighted by atomic mass is 10.1. The number of aromatic nitrogens is 1. The van der Waals surface area contributed by atoms with Crippen LogP contribution in [0.3, 0.4) is 0 Å². The van der Waals surface area contributed by atoms with E-state index in [9.17, 15) is 4.79 Å². The van der Waals surface area contributed by atoms with Crippen LogP contribution in [0, 0.1) is 0 Å². The third-order valence-corrected chi connectivity index (χ3v) is 2.74. The molecule has 1 aliphatic rings. The lowest BCUT2D eigenvalue weighted by Gasteiger charge is -2.07. The molecule has 0 unspecified atom stereocenters. The number of hydrogen-bond donors (Lipinski definition) is 2. The van der Waals surface area contributed by atoms with Gasteiger partial charge in [-0.2, -0.15) is 0 Å². The molecule has 1 amide bonds. The van der Waals surface area contributed by atoms with E-state index >= 15 is 0 Å². The van der Waals surface area contributed by atoms with Crippen LogP contribution in [0.1, 0.15) is 10.4 Å². The van der Waals surface area contributed by atoms with Gasteiger partial charge in [0, 0.05) is 6.20 Å². The van der Waals surface area contributed by atoms with Gasteiger partial charge in [-0.3, -0.25) is 9.69 Å². The van der Waals surface area contributed by atoms with Gasteiger partial charge in [-0.1, -0.05) is 6.07 Å². The molecule has 3 rings (SSSR count). The molecule has 2 aromatic rings. The second-order valence-electron chi connectivity index (χ2n) is 3.80. The van der Waals surface area contributed by atoms with Crippen molar-refractivity contribution in [3.8, 4) is 0 Å². The topological polar surface area (TPSA) is 85.0 Å². The summed E-state index contributed by atoms with van der Waals surface area (Å²) in [4.78, 5) is 17.8. The standard InChI is InChI=1S/C12H10N4O/c13-8-4-1-3-7(10(8)14)12(17)16-9-5-2-6-15-11(9)16/h1-6H,13-14H2. The normalized spacial score (nSPS) is 12.1. The van der Waals surface area contributed by atoms with Gasteiger partial charge in [-0.05, 0) is 24.3 Å². The Balaban J connectivity index is 1.98. The van der Waals surface area contributed by atoms with Crippen LogP contribution in [0.15, 0.2) is 36.5 Å². The van der Waals surface area contributed by atoms with E-state index in [-0.39, 0.29) is 5.91 Å². The van der Waals surface area contributed by atoms with Crippen LogP contribution in [-0.4, -0.2) is 10.9 Å². The van der Waals surface area contributed by atoms with E-state index in [1.54, 1.807) is 30.5 Å². The number of nitrogens with zero attached hydrogens (tertiary/aromatic N) is 2. The summed E-state index contributed by atoms with van der Waals surface area (Å²) in [6.45, 7) is 0. The molecular formula is C12H10N4O. The fourth-order valence-corrected chi connectivity index (χ4v) is 1.78. The van der Waals surface area contributed by atoms with Crippen molar-refractivity contribution in [2.24, 2.45) is 0 Å². The molecule has 1 aromatic carbocycles. The fraction of sp³-hybridized carbons (Fsp3) is 0. The van der Waals surface area contributed by atoms with Crippen molar-refractivity contribution in [3.63, 3.8) is 0 Å². The minimum Gasteiger partial charge on any atom is -0.397 e. The lowest BCUT2D eigenvalue weighted by Crippen LogP contribution is -2.16. The van der Waals surface area contributed by atoms with Crippen molar-refractivity contribution >= 4 is 28.8 Å². The number of carbonyl (C=O) groups is 1. The summed E-state index contributed by atoms with van der Waals surface area (Å²) in [5.41, 5.74) is 13.4. The largest absolute Gasteiger partial charge is 0.397 e. The number of rotatable bonds is 1. The average Bonchev–Trinajstić information content (AvgIpc) is 3.06. The van der Waals surface area contributed by atoms with Crippen LogP contribution < -0.4 is 16.4 Å². The Morgan fingerprint density at radius 3 is 2.71 bits per heavy atom. The van der Waals surface area contributed by atoms with Crippen molar-refractivity contribution in [3.05, 3.63) is 42.1 Å². The number of benzene rings is 1. The van der Waals surface area contributed by atoms with E-state index in [0.29, 0.717) is 22.8 Å². The summed E-state index contributed by atoms with van der Waals surface area (Å²) < 4.78 is 0. The average molecular weight is 226 g/mol. The maximum absolute atomic E-state index is 12.2. The Bertz CT molecular complexity index is 601. The number of nitrogen functional groups attached to an aromatic ring is 2. The fourth-order valence-electron chi connectivity index (χ4n) is 1.78. The third kappa shape index (κ3) is 1.32. The number of anilines is 4. The quantitative estimate of drug-likeness (QED) is 0.570. The first kappa shape index (κ1) is 9.65. The summed E-state index contributed by atoms with van der Waals surface area (Å²) in [6.07, 6.45) is 1.65. The SMILES string of the molecule is Nc1cccc(C(=O)N2c3cccnc32)c1N. The second-order valence-corrected chi connectivity index (χ2v) is 3.80. The highest BCUT2D eigenvalue weighted by molar-refractivity contribution is 6.22. The Morgan fingerprint density at radius 1 is 1.18 bits per heavy atom. The highest BCUT2D eigenvalue weighted by atomic mass is 16.2. The van der Waals surface area contributed by atoms with Gasteiger partial charge < -0.3 is 11.5 Å². The molecule has 1 aliphatic heterocycles. The highest BCUT2D eigenvalue weighted by Crippen LogP contribution is 2.46. The number of carbonyl (C=O) groups excluding carboxylic acids is 1. The van der Waals surface area contributed by atoms with E-state index in [2.05, 4.69) is 4.98 Å². The Labute approximate surface area is 97.7 Å². The van der Waals surface area contributed by atoms with Gasteiger partial charge in [0.2, 0.25) is 0 Å². The van der Waals surface area contributed by atoms with Crippen LogP contribution in [-0.2, 0) is 0 Å². The summed E-state index contributed by atoms with van der Waals surface area (Å²) in [6, 6.07) is 8.66. The number of amides is 1. The molecule has 0 fully saturated rings. The molecule has 0 saturated heterocycles. The monoisotopic (exact) mass is 226 g/mol. The maximum atomic E-state index is 12.2. The molecule has 0 aliphatic carbocycles. The molecule has 1 aromatic heterocycles. The van der Waals surface area contributed by atoms with Crippen molar-refractivity contribution in [1.29, 1.82) is 0 Å². The number of para-hydroxylation sites is 1. The zero-order chi connectivity index (χ0) is 12.0. The number of fused-ring (bicyclic) bond motifs is 1. The smallest absolute Gasteiger partial charge is 0.266 e. The molecule has 0 spiro atoms. The Morgan fingerprint density at radius 2 is 2.00 bits per heavy atom. The Kier molecular flexibility index (Phi) is 1.82. The van der Waals surface area contributed by atoms with Gasteiger partial charge in [0.05, 0.1) is 22.6 Å². The van der Waals surface area contributed by atoms with Crippen molar-refractivity contribution in [1.82, 2.24) is 4.98 Å². The summed E-state index contributed by atoms with van der Waals surface area (Å²) in [7, 11) is 0. The van der Waals surface area contributed by atoms with Crippen LogP contribution in [0.2, 0.25) is 0 Å². The first-order chi connectivity index (χ1) is 8.20. The molecule has 5 nitrogen and oxygen atoms in total. The molecule has 17 heavy (non-hydrogen) atoms. The molecule has 84 valence electrons. The number of hydrogen-bond acceptors (Lipinski definition) is 4. The van der Waals surface area contributed by atoms with Gasteiger partial charge in [-0.25, -0.2) is 4.98 Å². The van der Waals surface area contributed by atoms with Crippen molar-refractivity contribution in [2.75, 3.05) is 16.4 Å². The van der Waals surface area contributed by atoms with Gasteiger partial charge >= 0.3 is 0 Å². The van der Waals surface area contributed by atoms with E-state index in [0.717, 1.165) is 5.69 Å². The highest BCUT2D eigenvalue weighted by Gasteiger charge is 2.37. The minimum atomic E-state index is -0.191. The first-order valence-electron chi connectivity index (χ1n) is 5.13. The zero-order valence-electron chi connectivity index (χ0n) is 8.92. The predicted molar refractivity (Wildman–Crippen MR) is 66.0 cm³/mol. The van der Waals surface area contributed by atoms with Gasteiger partial charge in [-0.15, -0.1) is 0 Å². The van der Waals surface area contributed by atoms with Crippen LogP contribution in [0.5, 0.6) is 0 Å². The van der Waals surface area contributed by atoms with Crippen LogP contribution in [0.4, 0.5) is 22.9 Å². The molecule has 4 N–H and O–H groups in total. The van der Waals surface area contributed by atoms with Crippen LogP contribution >= 0.6 is 0 Å². The van der Waals surface area contributed by atoms with E-state index in [1.165, 1.54) is 4.90 Å². The van der Waals surface area contributed by atoms with E-state index in [4.69, 9.17) is 11.5 Å². The predicted octanol–water partition coefficient (Wildman–Crippen LogP) is 1.54. The van der Waals surface area contributed by atoms with Gasteiger partial charge in [0.1, 0.15) is 0 Å². The molecule has 5 heteroatoms. The Hall–Kier alpha value is -2.56. The number of pyridine rings is 1. The second kappa shape index (κ2) is 3.21. The van der Waals surface area contributed by atoms with Crippen LogP contribution in [0.25, 0.3) is 0 Å². The van der Waals surface area contributed by atoms with Crippen molar-refractivity contribution in [2.45, 2.75) is 0 Å². The maximum Gasteiger partial charge on any atom is 0.266 e. The van der Waals surface area contributed by atoms with E-state index < -0.39 is 0 Å². The molecule has 2 heterocycles. The molecule has 0 saturated carbocycles. The lowest BCUT2D eigenvalue weighted by molar-refractivity contribution is 0.101.